The molecule has 0 aromatic rings. The van der Waals surface area contributed by atoms with Gasteiger partial charge in [0.15, 0.2) is 0 Å². The summed E-state index contributed by atoms with van der Waals surface area (Å²) in [6.45, 7) is 7.02. The first-order valence-corrected chi connectivity index (χ1v) is 20.5. The van der Waals surface area contributed by atoms with Gasteiger partial charge >= 0.3 is 11.9 Å². The van der Waals surface area contributed by atoms with Gasteiger partial charge in [-0.1, -0.05) is 141 Å². The predicted molar refractivity (Wildman–Crippen MR) is 201 cm³/mol. The molecular weight excluding hydrogens is 582 g/mol. The lowest BCUT2D eigenvalue weighted by Crippen LogP contribution is -2.25. The number of hydrogen-bond acceptors (Lipinski definition) is 5. The highest BCUT2D eigenvalue weighted by molar-refractivity contribution is 5.69. The van der Waals surface area contributed by atoms with Crippen LogP contribution in [0, 0.1) is 11.8 Å². The summed E-state index contributed by atoms with van der Waals surface area (Å²) in [5.41, 5.74) is 0. The van der Waals surface area contributed by atoms with Crippen LogP contribution in [-0.2, 0) is 19.1 Å². The van der Waals surface area contributed by atoms with Gasteiger partial charge in [-0.05, 0) is 64.2 Å². The molecule has 0 saturated carbocycles. The Balaban J connectivity index is 1.93. The Labute approximate surface area is 291 Å². The molecule has 0 bridgehead atoms. The first kappa shape index (κ1) is 43.4. The van der Waals surface area contributed by atoms with Crippen LogP contribution >= 0.6 is 0 Å². The van der Waals surface area contributed by atoms with Gasteiger partial charge in [-0.3, -0.25) is 9.59 Å². The van der Waals surface area contributed by atoms with Crippen LogP contribution in [0.25, 0.3) is 0 Å². The molecule has 1 aliphatic heterocycles. The van der Waals surface area contributed by atoms with Crippen molar-refractivity contribution in [3.05, 3.63) is 24.3 Å². The van der Waals surface area contributed by atoms with Gasteiger partial charge in [-0.2, -0.15) is 0 Å². The fraction of sp³-hybridized carbons (Fsp3) is 0.857. The van der Waals surface area contributed by atoms with E-state index in [-0.39, 0.29) is 23.8 Å². The number of carbonyl (C=O) groups is 2. The van der Waals surface area contributed by atoms with Gasteiger partial charge in [0, 0.05) is 37.8 Å². The van der Waals surface area contributed by atoms with Crippen molar-refractivity contribution in [3.63, 3.8) is 0 Å². The van der Waals surface area contributed by atoms with E-state index in [1.807, 2.05) is 0 Å². The minimum atomic E-state index is -0.0885. The van der Waals surface area contributed by atoms with Crippen LogP contribution in [0.5, 0.6) is 0 Å². The Morgan fingerprint density at radius 1 is 0.468 bits per heavy atom. The molecule has 274 valence electrons. The second kappa shape index (κ2) is 34.3. The van der Waals surface area contributed by atoms with Crippen molar-refractivity contribution >= 4 is 11.9 Å². The fourth-order valence-electron chi connectivity index (χ4n) is 6.40. The summed E-state index contributed by atoms with van der Waals surface area (Å²) in [5.74, 6) is 0.269. The number of allylic oxidation sites excluding steroid dienone is 4. The van der Waals surface area contributed by atoms with Crippen LogP contribution < -0.4 is 5.32 Å². The molecule has 0 aromatic heterocycles. The van der Waals surface area contributed by atoms with E-state index >= 15 is 0 Å². The van der Waals surface area contributed by atoms with Crippen LogP contribution in [-0.4, -0.2) is 38.2 Å². The number of rotatable bonds is 34. The number of ether oxygens (including phenoxy) is 2. The molecule has 0 radical (unpaired) electrons. The molecule has 5 nitrogen and oxygen atoms in total. The summed E-state index contributed by atoms with van der Waals surface area (Å²) in [6, 6.07) is 0. The van der Waals surface area contributed by atoms with E-state index in [0.29, 0.717) is 26.1 Å². The van der Waals surface area contributed by atoms with Crippen molar-refractivity contribution < 1.29 is 19.1 Å². The quantitative estimate of drug-likeness (QED) is 0.0423. The van der Waals surface area contributed by atoms with Crippen LogP contribution in [0.15, 0.2) is 24.3 Å². The first-order chi connectivity index (χ1) is 23.2. The van der Waals surface area contributed by atoms with Crippen molar-refractivity contribution in [3.8, 4) is 0 Å². The van der Waals surface area contributed by atoms with Crippen molar-refractivity contribution in [1.82, 2.24) is 5.32 Å². The second-order valence-electron chi connectivity index (χ2n) is 14.2. The van der Waals surface area contributed by atoms with E-state index in [0.717, 1.165) is 38.8 Å². The highest BCUT2D eigenvalue weighted by Crippen LogP contribution is 2.19. The largest absolute Gasteiger partial charge is 0.465 e. The zero-order valence-corrected chi connectivity index (χ0v) is 31.2. The Bertz CT molecular complexity index is 702. The molecule has 1 fully saturated rings. The average molecular weight is 660 g/mol. The molecule has 0 amide bonds. The topological polar surface area (TPSA) is 64.6 Å². The highest BCUT2D eigenvalue weighted by atomic mass is 16.5. The average Bonchev–Trinajstić information content (AvgIpc) is 3.53. The summed E-state index contributed by atoms with van der Waals surface area (Å²) in [5, 5.41) is 3.38. The lowest BCUT2D eigenvalue weighted by atomic mass is 9.98. The van der Waals surface area contributed by atoms with Crippen LogP contribution in [0.1, 0.15) is 194 Å². The third-order valence-corrected chi connectivity index (χ3v) is 9.68. The number of esters is 2. The smallest absolute Gasteiger partial charge is 0.305 e. The SMILES string of the molecule is CCCCCCCCC=CCCCCCCCC(=O)OCC1CNCC1COC(=O)CCCCCCCC=CCCCCCCCC. The van der Waals surface area contributed by atoms with E-state index in [1.54, 1.807) is 0 Å². The monoisotopic (exact) mass is 660 g/mol. The number of nitrogens with one attached hydrogen (secondary N) is 1. The molecule has 1 N–H and O–H groups in total. The molecule has 2 atom stereocenters. The van der Waals surface area contributed by atoms with Gasteiger partial charge in [0.1, 0.15) is 0 Å². The maximum Gasteiger partial charge on any atom is 0.305 e. The Morgan fingerprint density at radius 2 is 0.766 bits per heavy atom. The second-order valence-corrected chi connectivity index (χ2v) is 14.2. The van der Waals surface area contributed by atoms with Gasteiger partial charge < -0.3 is 14.8 Å². The summed E-state index contributed by atoms with van der Waals surface area (Å²) >= 11 is 0. The van der Waals surface area contributed by atoms with Crippen LogP contribution in [0.2, 0.25) is 0 Å². The Hall–Kier alpha value is -1.62. The van der Waals surface area contributed by atoms with E-state index in [9.17, 15) is 9.59 Å². The lowest BCUT2D eigenvalue weighted by Gasteiger charge is -2.18. The summed E-state index contributed by atoms with van der Waals surface area (Å²) < 4.78 is 11.2. The van der Waals surface area contributed by atoms with Crippen molar-refractivity contribution in [1.29, 1.82) is 0 Å². The third kappa shape index (κ3) is 29.1. The minimum absolute atomic E-state index is 0.0885. The molecule has 47 heavy (non-hydrogen) atoms. The molecule has 1 rings (SSSR count). The van der Waals surface area contributed by atoms with Gasteiger partial charge in [0.25, 0.3) is 0 Å². The Morgan fingerprint density at radius 3 is 1.11 bits per heavy atom. The molecule has 5 heteroatoms. The first-order valence-electron chi connectivity index (χ1n) is 20.5. The standard InChI is InChI=1S/C42H77NO4/c1-3-5-7-9-11-13-15-17-19-21-23-25-27-29-31-33-41(44)46-37-39-35-43-36-40(39)38-47-42(45)34-32-30-28-26-24-22-20-18-16-14-12-10-8-6-4-2/h17-20,39-40,43H,3-16,21-38H2,1-2H3. The number of carbonyl (C=O) groups excluding carboxylic acids is 2. The molecule has 1 saturated heterocycles. The number of hydrogen-bond donors (Lipinski definition) is 1. The lowest BCUT2D eigenvalue weighted by molar-refractivity contribution is -0.149. The maximum absolute atomic E-state index is 12.3. The normalized spacial score (nSPS) is 16.5. The van der Waals surface area contributed by atoms with E-state index < -0.39 is 0 Å². The molecule has 1 heterocycles. The molecule has 2 unspecified atom stereocenters. The highest BCUT2D eigenvalue weighted by Gasteiger charge is 2.29. The maximum atomic E-state index is 12.3. The summed E-state index contributed by atoms with van der Waals surface area (Å²) in [6.07, 6.45) is 43.0. The zero-order chi connectivity index (χ0) is 33.9. The fourth-order valence-corrected chi connectivity index (χ4v) is 6.40. The summed E-state index contributed by atoms with van der Waals surface area (Å²) in [4.78, 5) is 24.6. The van der Waals surface area contributed by atoms with Crippen LogP contribution in [0.3, 0.4) is 0 Å². The van der Waals surface area contributed by atoms with Gasteiger partial charge in [0.2, 0.25) is 0 Å². The van der Waals surface area contributed by atoms with Gasteiger partial charge in [-0.15, -0.1) is 0 Å². The molecule has 0 spiro atoms. The van der Waals surface area contributed by atoms with E-state index in [1.165, 1.54) is 141 Å². The molecule has 0 aromatic carbocycles. The molecule has 0 aliphatic carbocycles. The van der Waals surface area contributed by atoms with Crippen LogP contribution in [0.4, 0.5) is 0 Å². The van der Waals surface area contributed by atoms with Gasteiger partial charge in [0.05, 0.1) is 13.2 Å². The van der Waals surface area contributed by atoms with Gasteiger partial charge in [-0.25, -0.2) is 0 Å². The number of unbranched alkanes of at least 4 members (excludes halogenated alkanes) is 22. The minimum Gasteiger partial charge on any atom is -0.465 e. The third-order valence-electron chi connectivity index (χ3n) is 9.68. The zero-order valence-electron chi connectivity index (χ0n) is 31.2. The summed E-state index contributed by atoms with van der Waals surface area (Å²) in [7, 11) is 0. The molecule has 1 aliphatic rings. The van der Waals surface area contributed by atoms with Crippen molar-refractivity contribution in [2.45, 2.75) is 194 Å². The van der Waals surface area contributed by atoms with Crippen molar-refractivity contribution in [2.75, 3.05) is 26.3 Å². The van der Waals surface area contributed by atoms with E-state index in [4.69, 9.17) is 9.47 Å². The predicted octanol–water partition coefficient (Wildman–Crippen LogP) is 12.0. The van der Waals surface area contributed by atoms with E-state index in [2.05, 4.69) is 43.5 Å². The Kier molecular flexibility index (Phi) is 31.6. The molecular formula is C42H77NO4. The van der Waals surface area contributed by atoms with Crippen molar-refractivity contribution in [2.24, 2.45) is 11.8 Å².